The maximum atomic E-state index is 12.9. The number of anilines is 1. The highest BCUT2D eigenvalue weighted by Gasteiger charge is 2.23. The molecule has 0 spiro atoms. The molecule has 32 heavy (non-hydrogen) atoms. The second-order valence-electron chi connectivity index (χ2n) is 7.51. The molecule has 2 heterocycles. The lowest BCUT2D eigenvalue weighted by Crippen LogP contribution is -2.48. The van der Waals surface area contributed by atoms with E-state index < -0.39 is 10.0 Å². The van der Waals surface area contributed by atoms with Gasteiger partial charge in [0, 0.05) is 53.9 Å². The number of hydrogen-bond donors (Lipinski definition) is 1. The smallest absolute Gasteiger partial charge is 0.253 e. The first-order valence-electron chi connectivity index (χ1n) is 10.3. The lowest BCUT2D eigenvalue weighted by atomic mass is 10.1. The van der Waals surface area contributed by atoms with Crippen LogP contribution in [0.1, 0.15) is 15.2 Å². The van der Waals surface area contributed by atoms with Crippen LogP contribution in [-0.2, 0) is 16.4 Å². The second-order valence-corrected chi connectivity index (χ2v) is 10.7. The van der Waals surface area contributed by atoms with Gasteiger partial charge in [0.05, 0.1) is 4.90 Å². The zero-order valence-electron chi connectivity index (χ0n) is 17.4. The molecule has 4 rings (SSSR count). The maximum absolute atomic E-state index is 12.9. The number of benzene rings is 2. The molecule has 0 bridgehead atoms. The SMILES string of the molecule is O=C(c1ccc(S(=O)(=O)NCCc2cccs2)cc1)N1CCN(c2ccc(Cl)cc2)CC1. The molecule has 1 amide bonds. The third-order valence-electron chi connectivity index (χ3n) is 5.41. The monoisotopic (exact) mass is 489 g/mol. The summed E-state index contributed by atoms with van der Waals surface area (Å²) in [6, 6.07) is 17.8. The van der Waals surface area contributed by atoms with E-state index in [0.29, 0.717) is 36.6 Å². The molecule has 1 saturated heterocycles. The van der Waals surface area contributed by atoms with Gasteiger partial charge in [0.25, 0.3) is 5.91 Å². The molecule has 3 aromatic rings. The number of piperazine rings is 1. The normalized spacial score (nSPS) is 14.5. The number of thiophene rings is 1. The zero-order chi connectivity index (χ0) is 22.6. The largest absolute Gasteiger partial charge is 0.368 e. The van der Waals surface area contributed by atoms with E-state index in [0.717, 1.165) is 23.7 Å². The lowest BCUT2D eigenvalue weighted by Gasteiger charge is -2.36. The summed E-state index contributed by atoms with van der Waals surface area (Å²) < 4.78 is 27.7. The molecule has 2 aromatic carbocycles. The molecular weight excluding hydrogens is 466 g/mol. The molecule has 1 aromatic heterocycles. The number of carbonyl (C=O) groups excluding carboxylic acids is 1. The van der Waals surface area contributed by atoms with Crippen LogP contribution in [-0.4, -0.2) is 51.9 Å². The van der Waals surface area contributed by atoms with Crippen LogP contribution in [0.5, 0.6) is 0 Å². The Balaban J connectivity index is 1.32. The molecule has 0 radical (unpaired) electrons. The Morgan fingerprint density at radius 2 is 1.66 bits per heavy atom. The molecule has 0 atom stereocenters. The van der Waals surface area contributed by atoms with Crippen LogP contribution < -0.4 is 9.62 Å². The van der Waals surface area contributed by atoms with Crippen molar-refractivity contribution in [2.75, 3.05) is 37.6 Å². The van der Waals surface area contributed by atoms with Gasteiger partial charge in [0.15, 0.2) is 0 Å². The third kappa shape index (κ3) is 5.50. The zero-order valence-corrected chi connectivity index (χ0v) is 19.8. The molecule has 1 aliphatic rings. The maximum Gasteiger partial charge on any atom is 0.253 e. The summed E-state index contributed by atoms with van der Waals surface area (Å²) in [7, 11) is -3.61. The van der Waals surface area contributed by atoms with E-state index in [1.54, 1.807) is 28.4 Å². The van der Waals surface area contributed by atoms with Crippen molar-refractivity contribution in [3.63, 3.8) is 0 Å². The van der Waals surface area contributed by atoms with Gasteiger partial charge in [-0.15, -0.1) is 11.3 Å². The predicted molar refractivity (Wildman–Crippen MR) is 129 cm³/mol. The van der Waals surface area contributed by atoms with E-state index >= 15 is 0 Å². The first kappa shape index (κ1) is 22.8. The summed E-state index contributed by atoms with van der Waals surface area (Å²) in [5.41, 5.74) is 1.57. The minimum atomic E-state index is -3.61. The fourth-order valence-corrected chi connectivity index (χ4v) is 5.49. The number of hydrogen-bond acceptors (Lipinski definition) is 5. The quantitative estimate of drug-likeness (QED) is 0.546. The van der Waals surface area contributed by atoms with Crippen molar-refractivity contribution in [2.24, 2.45) is 0 Å². The van der Waals surface area contributed by atoms with Gasteiger partial charge in [-0.25, -0.2) is 13.1 Å². The van der Waals surface area contributed by atoms with Crippen molar-refractivity contribution in [2.45, 2.75) is 11.3 Å². The fourth-order valence-electron chi connectivity index (χ4n) is 3.63. The van der Waals surface area contributed by atoms with Gasteiger partial charge in [-0.05, 0) is 66.4 Å². The Morgan fingerprint density at radius 3 is 2.28 bits per heavy atom. The van der Waals surface area contributed by atoms with Gasteiger partial charge in [-0.3, -0.25) is 4.79 Å². The number of halogens is 1. The minimum Gasteiger partial charge on any atom is -0.368 e. The summed E-state index contributed by atoms with van der Waals surface area (Å²) in [6.07, 6.45) is 0.648. The van der Waals surface area contributed by atoms with Crippen molar-refractivity contribution in [3.8, 4) is 0 Å². The van der Waals surface area contributed by atoms with Crippen LogP contribution in [0.3, 0.4) is 0 Å². The van der Waals surface area contributed by atoms with E-state index in [1.807, 2.05) is 41.8 Å². The van der Waals surface area contributed by atoms with Gasteiger partial charge in [0.2, 0.25) is 10.0 Å². The predicted octanol–water partition coefficient (Wildman–Crippen LogP) is 3.88. The second kappa shape index (κ2) is 10.0. The summed E-state index contributed by atoms with van der Waals surface area (Å²) >= 11 is 7.56. The van der Waals surface area contributed by atoms with Crippen LogP contribution >= 0.6 is 22.9 Å². The van der Waals surface area contributed by atoms with Crippen molar-refractivity contribution >= 4 is 44.6 Å². The van der Waals surface area contributed by atoms with Crippen LogP contribution in [0.25, 0.3) is 0 Å². The first-order chi connectivity index (χ1) is 15.4. The van der Waals surface area contributed by atoms with Crippen LogP contribution in [0, 0.1) is 0 Å². The molecule has 168 valence electrons. The van der Waals surface area contributed by atoms with Crippen molar-refractivity contribution in [1.82, 2.24) is 9.62 Å². The average molecular weight is 490 g/mol. The molecule has 9 heteroatoms. The van der Waals surface area contributed by atoms with Gasteiger partial charge < -0.3 is 9.80 Å². The molecule has 1 fully saturated rings. The number of sulfonamides is 1. The summed E-state index contributed by atoms with van der Waals surface area (Å²) in [5.74, 6) is -0.0876. The Hall–Kier alpha value is -2.39. The van der Waals surface area contributed by atoms with E-state index in [1.165, 1.54) is 12.1 Å². The number of amides is 1. The van der Waals surface area contributed by atoms with E-state index in [4.69, 9.17) is 11.6 Å². The Kier molecular flexibility index (Phi) is 7.15. The molecule has 0 unspecified atom stereocenters. The topological polar surface area (TPSA) is 69.7 Å². The standard InChI is InChI=1S/C23H24ClN3O3S2/c24-19-5-7-20(8-6-19)26-13-15-27(16-14-26)23(28)18-3-9-22(10-4-18)32(29,30)25-12-11-21-2-1-17-31-21/h1-10,17,25H,11-16H2. The van der Waals surface area contributed by atoms with E-state index in [9.17, 15) is 13.2 Å². The minimum absolute atomic E-state index is 0.0876. The highest BCUT2D eigenvalue weighted by molar-refractivity contribution is 7.89. The summed E-state index contributed by atoms with van der Waals surface area (Å²) in [6.45, 7) is 3.00. The Labute approximate surface area is 197 Å². The Bertz CT molecular complexity index is 1140. The van der Waals surface area contributed by atoms with Gasteiger partial charge in [0.1, 0.15) is 0 Å². The fraction of sp³-hybridized carbons (Fsp3) is 0.261. The highest BCUT2D eigenvalue weighted by Crippen LogP contribution is 2.20. The number of nitrogens with zero attached hydrogens (tertiary/aromatic N) is 2. The van der Waals surface area contributed by atoms with Gasteiger partial charge in [-0.1, -0.05) is 17.7 Å². The van der Waals surface area contributed by atoms with Crippen molar-refractivity contribution < 1.29 is 13.2 Å². The molecule has 6 nitrogen and oxygen atoms in total. The van der Waals surface area contributed by atoms with Crippen LogP contribution in [0.2, 0.25) is 5.02 Å². The molecule has 1 aliphatic heterocycles. The van der Waals surface area contributed by atoms with E-state index in [-0.39, 0.29) is 10.8 Å². The molecule has 0 saturated carbocycles. The summed E-state index contributed by atoms with van der Waals surface area (Å²) in [4.78, 5) is 18.2. The number of rotatable bonds is 7. The highest BCUT2D eigenvalue weighted by atomic mass is 35.5. The first-order valence-corrected chi connectivity index (χ1v) is 13.1. The molecule has 0 aliphatic carbocycles. The summed E-state index contributed by atoms with van der Waals surface area (Å²) in [5, 5.41) is 2.67. The average Bonchev–Trinajstić information content (AvgIpc) is 3.33. The van der Waals surface area contributed by atoms with Crippen molar-refractivity contribution in [1.29, 1.82) is 0 Å². The third-order valence-corrected chi connectivity index (χ3v) is 8.08. The lowest BCUT2D eigenvalue weighted by molar-refractivity contribution is 0.0746. The Morgan fingerprint density at radius 1 is 0.969 bits per heavy atom. The van der Waals surface area contributed by atoms with Crippen molar-refractivity contribution in [3.05, 3.63) is 81.5 Å². The van der Waals surface area contributed by atoms with Crippen LogP contribution in [0.4, 0.5) is 5.69 Å². The van der Waals surface area contributed by atoms with E-state index in [2.05, 4.69) is 9.62 Å². The van der Waals surface area contributed by atoms with Gasteiger partial charge >= 0.3 is 0 Å². The molecule has 1 N–H and O–H groups in total. The molecular formula is C23H24ClN3O3S2. The van der Waals surface area contributed by atoms with Crippen LogP contribution in [0.15, 0.2) is 70.9 Å². The van der Waals surface area contributed by atoms with Gasteiger partial charge in [-0.2, -0.15) is 0 Å². The number of nitrogens with one attached hydrogen (secondary N) is 1. The number of carbonyl (C=O) groups is 1.